The first kappa shape index (κ1) is 18.5. The fourth-order valence-electron chi connectivity index (χ4n) is 3.06. The molecule has 0 amide bonds. The summed E-state index contributed by atoms with van der Waals surface area (Å²) in [5.41, 5.74) is 2.87. The zero-order valence-electron chi connectivity index (χ0n) is 16.1. The van der Waals surface area contributed by atoms with Crippen LogP contribution in [0.1, 0.15) is 21.8 Å². The number of allylic oxidation sites excluding steroid dienone is 1. The van der Waals surface area contributed by atoms with Gasteiger partial charge < -0.3 is 13.9 Å². The lowest BCUT2D eigenvalue weighted by molar-refractivity contribution is 0.105. The molecule has 4 aromatic rings. The highest BCUT2D eigenvalue weighted by Gasteiger charge is 2.21. The van der Waals surface area contributed by atoms with Crippen LogP contribution in [0.2, 0.25) is 0 Å². The van der Waals surface area contributed by atoms with Crippen molar-refractivity contribution in [2.75, 3.05) is 14.2 Å². The van der Waals surface area contributed by atoms with Crippen LogP contribution in [0.5, 0.6) is 11.5 Å². The number of methoxy groups -OCH3 is 2. The van der Waals surface area contributed by atoms with Gasteiger partial charge in [-0.15, -0.1) is 0 Å². The number of nitrogens with zero attached hydrogens (tertiary/aromatic N) is 1. The predicted octanol–water partition coefficient (Wildman–Crippen LogP) is 5.27. The summed E-state index contributed by atoms with van der Waals surface area (Å²) >= 11 is 0. The molecule has 0 spiro atoms. The third kappa shape index (κ3) is 3.75. The minimum Gasteiger partial charge on any atom is -0.497 e. The Hall–Kier alpha value is -3.86. The van der Waals surface area contributed by atoms with E-state index < -0.39 is 0 Å². The van der Waals surface area contributed by atoms with Crippen LogP contribution < -0.4 is 9.47 Å². The highest BCUT2D eigenvalue weighted by molar-refractivity contribution is 6.31. The van der Waals surface area contributed by atoms with E-state index in [0.29, 0.717) is 39.3 Å². The summed E-state index contributed by atoms with van der Waals surface area (Å²) in [6.07, 6.45) is 1.72. The second kappa shape index (κ2) is 8.02. The Balaban J connectivity index is 1.91. The third-order valence-electron chi connectivity index (χ3n) is 4.54. The van der Waals surface area contributed by atoms with Crippen molar-refractivity contribution in [1.29, 1.82) is 0 Å². The molecule has 5 heteroatoms. The van der Waals surface area contributed by atoms with Crippen LogP contribution in [0.15, 0.2) is 77.2 Å². The van der Waals surface area contributed by atoms with E-state index in [0.717, 1.165) is 0 Å². The summed E-state index contributed by atoms with van der Waals surface area (Å²) in [7, 11) is 3.17. The molecule has 0 bridgehead atoms. The fraction of sp³-hybridized carbons (Fsp3) is 0.0833. The molecule has 0 aliphatic heterocycles. The molecule has 3 aromatic carbocycles. The third-order valence-corrected chi connectivity index (χ3v) is 4.54. The van der Waals surface area contributed by atoms with Gasteiger partial charge in [0.05, 0.1) is 19.8 Å². The minimum atomic E-state index is -0.193. The van der Waals surface area contributed by atoms with E-state index >= 15 is 0 Å². The number of ether oxygens (including phenoxy) is 2. The maximum Gasteiger partial charge on any atom is 0.231 e. The second-order valence-electron chi connectivity index (χ2n) is 6.35. The Kier molecular flexibility index (Phi) is 5.12. The first-order chi connectivity index (χ1) is 14.2. The highest BCUT2D eigenvalue weighted by Crippen LogP contribution is 2.31. The summed E-state index contributed by atoms with van der Waals surface area (Å²) in [4.78, 5) is 17.9. The zero-order valence-corrected chi connectivity index (χ0v) is 16.1. The monoisotopic (exact) mass is 385 g/mol. The molecular formula is C24H19NO4. The van der Waals surface area contributed by atoms with E-state index in [1.807, 2.05) is 42.5 Å². The summed E-state index contributed by atoms with van der Waals surface area (Å²) in [5, 5.41) is 0. The molecule has 0 fully saturated rings. The number of hydrogen-bond acceptors (Lipinski definition) is 5. The number of carbonyl (C=O) groups is 1. The lowest BCUT2D eigenvalue weighted by Crippen LogP contribution is -2.03. The number of carbonyl (C=O) groups excluding carboxylic acids is 1. The average Bonchev–Trinajstić information content (AvgIpc) is 3.21. The van der Waals surface area contributed by atoms with E-state index in [1.165, 1.54) is 0 Å². The zero-order chi connectivity index (χ0) is 20.2. The van der Waals surface area contributed by atoms with Gasteiger partial charge in [-0.1, -0.05) is 42.5 Å². The molecule has 1 aromatic heterocycles. The number of aromatic nitrogens is 1. The highest BCUT2D eigenvalue weighted by atomic mass is 16.5. The summed E-state index contributed by atoms with van der Waals surface area (Å²) in [5.74, 6) is 1.33. The van der Waals surface area contributed by atoms with Crippen molar-refractivity contribution in [2.45, 2.75) is 0 Å². The molecule has 5 nitrogen and oxygen atoms in total. The molecule has 0 saturated carbocycles. The van der Waals surface area contributed by atoms with Gasteiger partial charge in [0.2, 0.25) is 5.89 Å². The van der Waals surface area contributed by atoms with E-state index in [4.69, 9.17) is 13.9 Å². The van der Waals surface area contributed by atoms with E-state index in [9.17, 15) is 4.79 Å². The van der Waals surface area contributed by atoms with Crippen LogP contribution in [0.3, 0.4) is 0 Å². The van der Waals surface area contributed by atoms with Gasteiger partial charge in [0.1, 0.15) is 17.0 Å². The molecule has 0 saturated heterocycles. The minimum absolute atomic E-state index is 0.193. The topological polar surface area (TPSA) is 61.6 Å². The van der Waals surface area contributed by atoms with Gasteiger partial charge in [0.15, 0.2) is 11.4 Å². The predicted molar refractivity (Wildman–Crippen MR) is 112 cm³/mol. The summed E-state index contributed by atoms with van der Waals surface area (Å²) in [6, 6.07) is 21.9. The Morgan fingerprint density at radius 3 is 2.41 bits per heavy atom. The maximum atomic E-state index is 13.3. The quantitative estimate of drug-likeness (QED) is 0.334. The molecular weight excluding hydrogens is 366 g/mol. The van der Waals surface area contributed by atoms with Crippen LogP contribution >= 0.6 is 0 Å². The first-order valence-electron chi connectivity index (χ1n) is 9.09. The van der Waals surface area contributed by atoms with Crippen LogP contribution in [-0.2, 0) is 0 Å². The molecule has 0 radical (unpaired) electrons. The van der Waals surface area contributed by atoms with Gasteiger partial charge in [-0.3, -0.25) is 4.79 Å². The van der Waals surface area contributed by atoms with Gasteiger partial charge >= 0.3 is 0 Å². The van der Waals surface area contributed by atoms with Crippen LogP contribution in [0.25, 0.3) is 22.7 Å². The van der Waals surface area contributed by atoms with Crippen molar-refractivity contribution in [3.63, 3.8) is 0 Å². The molecule has 4 rings (SSSR count). The van der Waals surface area contributed by atoms with Crippen LogP contribution in [0, 0.1) is 0 Å². The molecule has 0 aliphatic carbocycles. The Labute approximate surface area is 168 Å². The molecule has 1 heterocycles. The number of ketones is 1. The van der Waals surface area contributed by atoms with Crippen LogP contribution in [0.4, 0.5) is 0 Å². The molecule has 0 aliphatic rings. The summed E-state index contributed by atoms with van der Waals surface area (Å²) in [6.45, 7) is 0. The van der Waals surface area contributed by atoms with E-state index in [2.05, 4.69) is 4.98 Å². The van der Waals surface area contributed by atoms with E-state index in [-0.39, 0.29) is 11.7 Å². The number of Topliss-reactive ketones (excluding diaryl/α,β-unsaturated/α-hetero) is 1. The largest absolute Gasteiger partial charge is 0.497 e. The average molecular weight is 385 g/mol. The molecule has 0 N–H and O–H groups in total. The van der Waals surface area contributed by atoms with Gasteiger partial charge in [0, 0.05) is 11.1 Å². The number of hydrogen-bond donors (Lipinski definition) is 0. The molecule has 144 valence electrons. The first-order valence-corrected chi connectivity index (χ1v) is 9.09. The lowest BCUT2D eigenvalue weighted by Gasteiger charge is -2.09. The molecule has 0 unspecified atom stereocenters. The van der Waals surface area contributed by atoms with Crippen molar-refractivity contribution in [3.8, 4) is 11.5 Å². The van der Waals surface area contributed by atoms with Gasteiger partial charge in [-0.2, -0.15) is 0 Å². The lowest BCUT2D eigenvalue weighted by atomic mass is 10.0. The van der Waals surface area contributed by atoms with E-state index in [1.54, 1.807) is 50.6 Å². The smallest absolute Gasteiger partial charge is 0.231 e. The number of fused-ring (bicyclic) bond motifs is 1. The second-order valence-corrected chi connectivity index (χ2v) is 6.35. The molecule has 0 atom stereocenters. The summed E-state index contributed by atoms with van der Waals surface area (Å²) < 4.78 is 16.7. The number of oxazole rings is 1. The van der Waals surface area contributed by atoms with Crippen molar-refractivity contribution < 1.29 is 18.7 Å². The van der Waals surface area contributed by atoms with Crippen molar-refractivity contribution in [2.24, 2.45) is 0 Å². The van der Waals surface area contributed by atoms with Crippen LogP contribution in [-0.4, -0.2) is 25.0 Å². The molecule has 29 heavy (non-hydrogen) atoms. The number of rotatable bonds is 6. The van der Waals surface area contributed by atoms with Gasteiger partial charge in [-0.05, 0) is 36.4 Å². The Bertz CT molecular complexity index is 1160. The SMILES string of the molecule is COc1ccc(OC)c(/C=C(\C(=O)c2ccccc2)c2nc3ccccc3o2)c1. The van der Waals surface area contributed by atoms with Gasteiger partial charge in [0.25, 0.3) is 0 Å². The Morgan fingerprint density at radius 1 is 0.931 bits per heavy atom. The van der Waals surface area contributed by atoms with Crippen molar-refractivity contribution >= 4 is 28.5 Å². The number of benzene rings is 3. The van der Waals surface area contributed by atoms with Gasteiger partial charge in [-0.25, -0.2) is 4.98 Å². The normalized spacial score (nSPS) is 11.4. The van der Waals surface area contributed by atoms with Crippen molar-refractivity contribution in [1.82, 2.24) is 4.98 Å². The van der Waals surface area contributed by atoms with Crippen molar-refractivity contribution in [3.05, 3.63) is 89.8 Å². The Morgan fingerprint density at radius 2 is 1.69 bits per heavy atom. The maximum absolute atomic E-state index is 13.3. The number of para-hydroxylation sites is 2. The fourth-order valence-corrected chi connectivity index (χ4v) is 3.06. The standard InChI is InChI=1S/C24H19NO4/c1-27-18-12-13-21(28-2)17(14-18)15-19(23(26)16-8-4-3-5-9-16)24-25-20-10-6-7-11-22(20)29-24/h3-15H,1-2H3/b19-15+.